The number of amides is 2. The largest absolute Gasteiger partial charge is 1.00 e. The van der Waals surface area contributed by atoms with Crippen molar-refractivity contribution in [3.63, 3.8) is 0 Å². The summed E-state index contributed by atoms with van der Waals surface area (Å²) in [6, 6.07) is 0. The molecule has 0 radical (unpaired) electrons. The second-order valence-corrected chi connectivity index (χ2v) is 2.40. The molecule has 0 spiro atoms. The van der Waals surface area contributed by atoms with Gasteiger partial charge in [-0.2, -0.15) is 0 Å². The van der Waals surface area contributed by atoms with E-state index in [4.69, 9.17) is 11.5 Å². The van der Waals surface area contributed by atoms with Crippen molar-refractivity contribution in [2.24, 2.45) is 11.5 Å². The second kappa shape index (κ2) is 10.6. The average molecular weight is 213 g/mol. The normalized spacial score (nSPS) is 8.57. The zero-order valence-electron chi connectivity index (χ0n) is 8.32. The minimum absolute atomic E-state index is 0. The number of nitrogens with two attached hydrogens (primary N) is 2. The SMILES string of the molecule is NC(=O)OCCCCCOC(N)=O.[Na+]. The summed E-state index contributed by atoms with van der Waals surface area (Å²) in [6.45, 7) is 0.595. The van der Waals surface area contributed by atoms with Crippen molar-refractivity contribution in [1.82, 2.24) is 0 Å². The third-order valence-corrected chi connectivity index (χ3v) is 1.28. The van der Waals surface area contributed by atoms with Crippen LogP contribution >= 0.6 is 0 Å². The van der Waals surface area contributed by atoms with Gasteiger partial charge in [0.05, 0.1) is 13.2 Å². The summed E-state index contributed by atoms with van der Waals surface area (Å²) in [4.78, 5) is 20.2. The maximum absolute atomic E-state index is 10.1. The summed E-state index contributed by atoms with van der Waals surface area (Å²) in [7, 11) is 0. The Labute approximate surface area is 105 Å². The molecule has 0 rings (SSSR count). The van der Waals surface area contributed by atoms with Crippen LogP contribution < -0.4 is 41.0 Å². The molecule has 0 aliphatic carbocycles. The summed E-state index contributed by atoms with van der Waals surface area (Å²) in [5, 5.41) is 0. The molecule has 4 N–H and O–H groups in total. The van der Waals surface area contributed by atoms with Gasteiger partial charge < -0.3 is 20.9 Å². The predicted molar refractivity (Wildman–Crippen MR) is 44.9 cm³/mol. The van der Waals surface area contributed by atoms with Crippen LogP contribution in [0.15, 0.2) is 0 Å². The van der Waals surface area contributed by atoms with Crippen LogP contribution in [-0.2, 0) is 9.47 Å². The molecule has 0 aromatic rings. The van der Waals surface area contributed by atoms with E-state index in [0.717, 1.165) is 6.42 Å². The van der Waals surface area contributed by atoms with Gasteiger partial charge in [0.1, 0.15) is 0 Å². The molecule has 0 bridgehead atoms. The molecule has 7 heteroatoms. The summed E-state index contributed by atoms with van der Waals surface area (Å²) >= 11 is 0. The van der Waals surface area contributed by atoms with Gasteiger partial charge in [0.15, 0.2) is 0 Å². The van der Waals surface area contributed by atoms with E-state index in [2.05, 4.69) is 9.47 Å². The number of hydrogen-bond acceptors (Lipinski definition) is 4. The van der Waals surface area contributed by atoms with Gasteiger partial charge in [0, 0.05) is 0 Å². The molecule has 0 aromatic carbocycles. The number of primary amides is 2. The molecule has 0 aromatic heterocycles. The third kappa shape index (κ3) is 14.1. The van der Waals surface area contributed by atoms with E-state index in [0.29, 0.717) is 26.1 Å². The van der Waals surface area contributed by atoms with Gasteiger partial charge in [-0.05, 0) is 19.3 Å². The Bertz CT molecular complexity index is 159. The Morgan fingerprint density at radius 2 is 1.21 bits per heavy atom. The van der Waals surface area contributed by atoms with Crippen LogP contribution in [0.5, 0.6) is 0 Å². The molecule has 0 aliphatic heterocycles. The van der Waals surface area contributed by atoms with Crippen molar-refractivity contribution >= 4 is 12.2 Å². The van der Waals surface area contributed by atoms with Crippen LogP contribution in [0, 0.1) is 0 Å². The van der Waals surface area contributed by atoms with Gasteiger partial charge in [0.2, 0.25) is 0 Å². The molecular weight excluding hydrogens is 199 g/mol. The first-order valence-electron chi connectivity index (χ1n) is 3.97. The minimum atomic E-state index is -0.770. The van der Waals surface area contributed by atoms with E-state index in [1.807, 2.05) is 0 Å². The van der Waals surface area contributed by atoms with Crippen molar-refractivity contribution in [3.05, 3.63) is 0 Å². The van der Waals surface area contributed by atoms with Crippen LogP contribution in [0.3, 0.4) is 0 Å². The number of rotatable bonds is 6. The fourth-order valence-corrected chi connectivity index (χ4v) is 0.726. The Balaban J connectivity index is 0. The predicted octanol–water partition coefficient (Wildman–Crippen LogP) is -2.65. The van der Waals surface area contributed by atoms with Crippen LogP contribution in [0.2, 0.25) is 0 Å². The molecule has 0 unspecified atom stereocenters. The molecule has 0 saturated heterocycles. The first-order chi connectivity index (χ1) is 6.13. The fraction of sp³-hybridized carbons (Fsp3) is 0.714. The zero-order chi connectivity index (χ0) is 10.1. The standard InChI is InChI=1S/C7H14N2O4.Na/c8-6(10)12-4-2-1-3-5-13-7(9)11;/h1-5H2,(H2,8,10)(H2,9,11);/q;+1. The number of hydrogen-bond donors (Lipinski definition) is 2. The van der Waals surface area contributed by atoms with E-state index in [9.17, 15) is 9.59 Å². The molecule has 0 fully saturated rings. The second-order valence-electron chi connectivity index (χ2n) is 2.40. The summed E-state index contributed by atoms with van der Waals surface area (Å²) in [5.41, 5.74) is 9.45. The monoisotopic (exact) mass is 213 g/mol. The van der Waals surface area contributed by atoms with Crippen molar-refractivity contribution in [2.45, 2.75) is 19.3 Å². The van der Waals surface area contributed by atoms with E-state index >= 15 is 0 Å². The Morgan fingerprint density at radius 3 is 1.50 bits per heavy atom. The minimum Gasteiger partial charge on any atom is -0.450 e. The first kappa shape index (κ1) is 16.0. The van der Waals surface area contributed by atoms with Crippen LogP contribution in [0.4, 0.5) is 9.59 Å². The molecule has 76 valence electrons. The van der Waals surface area contributed by atoms with E-state index < -0.39 is 12.2 Å². The summed E-state index contributed by atoms with van der Waals surface area (Å²) < 4.78 is 8.95. The zero-order valence-corrected chi connectivity index (χ0v) is 10.3. The van der Waals surface area contributed by atoms with Gasteiger partial charge in [-0.15, -0.1) is 0 Å². The first-order valence-corrected chi connectivity index (χ1v) is 3.97. The summed E-state index contributed by atoms with van der Waals surface area (Å²) in [5.74, 6) is 0. The van der Waals surface area contributed by atoms with Crippen LogP contribution in [0.1, 0.15) is 19.3 Å². The van der Waals surface area contributed by atoms with Gasteiger partial charge >= 0.3 is 41.7 Å². The van der Waals surface area contributed by atoms with Gasteiger partial charge in [-0.1, -0.05) is 0 Å². The van der Waals surface area contributed by atoms with Crippen molar-refractivity contribution in [2.75, 3.05) is 13.2 Å². The molecule has 2 amide bonds. The maximum atomic E-state index is 10.1. The Morgan fingerprint density at radius 1 is 0.857 bits per heavy atom. The van der Waals surface area contributed by atoms with Gasteiger partial charge in [-0.3, -0.25) is 0 Å². The fourth-order valence-electron chi connectivity index (χ4n) is 0.726. The van der Waals surface area contributed by atoms with Gasteiger partial charge in [0.25, 0.3) is 0 Å². The molecule has 0 saturated carbocycles. The molecule has 0 aliphatic rings. The third-order valence-electron chi connectivity index (χ3n) is 1.28. The quantitative estimate of drug-likeness (QED) is 0.371. The van der Waals surface area contributed by atoms with E-state index in [1.165, 1.54) is 0 Å². The molecule has 6 nitrogen and oxygen atoms in total. The molecule has 0 atom stereocenters. The maximum Gasteiger partial charge on any atom is 1.00 e. The van der Waals surface area contributed by atoms with E-state index in [-0.39, 0.29) is 29.6 Å². The number of ether oxygens (including phenoxy) is 2. The Hall–Kier alpha value is -0.460. The number of unbranched alkanes of at least 4 members (excludes halogenated alkanes) is 2. The molecular formula is C7H14N2NaO4+. The van der Waals surface area contributed by atoms with Crippen molar-refractivity contribution in [3.8, 4) is 0 Å². The molecule has 14 heavy (non-hydrogen) atoms. The van der Waals surface area contributed by atoms with Gasteiger partial charge in [-0.25, -0.2) is 9.59 Å². The topological polar surface area (TPSA) is 105 Å². The molecule has 0 heterocycles. The van der Waals surface area contributed by atoms with Crippen LogP contribution in [0.25, 0.3) is 0 Å². The Kier molecular flexibility index (Phi) is 12.1. The number of carbonyl (C=O) groups excluding carboxylic acids is 2. The average Bonchev–Trinajstić information content (AvgIpc) is 2.01. The smallest absolute Gasteiger partial charge is 0.450 e. The van der Waals surface area contributed by atoms with Crippen molar-refractivity contribution < 1.29 is 48.6 Å². The summed E-state index contributed by atoms with van der Waals surface area (Å²) in [6.07, 6.45) is 0.651. The van der Waals surface area contributed by atoms with Crippen LogP contribution in [-0.4, -0.2) is 25.4 Å². The number of carbonyl (C=O) groups is 2. The van der Waals surface area contributed by atoms with Crippen molar-refractivity contribution in [1.29, 1.82) is 0 Å². The van der Waals surface area contributed by atoms with E-state index in [1.54, 1.807) is 0 Å².